The summed E-state index contributed by atoms with van der Waals surface area (Å²) in [6.07, 6.45) is 0.120. The Labute approximate surface area is 331 Å². The number of carbonyl (C=O) groups is 6. The van der Waals surface area contributed by atoms with Crippen molar-refractivity contribution in [1.82, 2.24) is 16.0 Å². The standard InChI is InChI=1S/C39H65N5O12/c1-27(2)25-56-39(50)42-15-17-52-19-21-54-23-22-53-20-18-51-16-13-34(46)44-35(28(3)4)33(45)24-31(8-7-14-41-38(40)49)36(47)43-32-11-9-30(10-12-32)26-55-37(48)29(5)6/h9-12,27-29,31,35H,7-8,13-26H2,1-6H3,(H,42,50)(H,43,47)(H,44,46)(H3,40,41,49)/t31-,35+/m1/s1. The molecule has 0 bridgehead atoms. The number of hydrogen-bond donors (Lipinski definition) is 5. The maximum Gasteiger partial charge on any atom is 0.407 e. The zero-order valence-electron chi connectivity index (χ0n) is 34.0. The summed E-state index contributed by atoms with van der Waals surface area (Å²) in [6.45, 7) is 14.6. The molecule has 318 valence electrons. The van der Waals surface area contributed by atoms with Gasteiger partial charge in [0.15, 0.2) is 5.78 Å². The van der Waals surface area contributed by atoms with Crippen molar-refractivity contribution >= 4 is 41.4 Å². The highest BCUT2D eigenvalue weighted by Crippen LogP contribution is 2.20. The molecule has 0 saturated carbocycles. The zero-order chi connectivity index (χ0) is 41.7. The van der Waals surface area contributed by atoms with Crippen LogP contribution in [0.25, 0.3) is 0 Å². The van der Waals surface area contributed by atoms with Crippen LogP contribution in [-0.4, -0.2) is 114 Å². The van der Waals surface area contributed by atoms with E-state index in [0.29, 0.717) is 64.9 Å². The van der Waals surface area contributed by atoms with Gasteiger partial charge in [-0.25, -0.2) is 9.59 Å². The molecule has 1 rings (SSSR count). The molecule has 2 atom stereocenters. The topological polar surface area (TPSA) is 232 Å². The van der Waals surface area contributed by atoms with E-state index in [4.69, 9.17) is 34.2 Å². The number of ether oxygens (including phenoxy) is 6. The third kappa shape index (κ3) is 25.0. The molecule has 0 aliphatic heterocycles. The largest absolute Gasteiger partial charge is 0.461 e. The first-order chi connectivity index (χ1) is 26.7. The Morgan fingerprint density at radius 2 is 1.30 bits per heavy atom. The lowest BCUT2D eigenvalue weighted by Crippen LogP contribution is -2.45. The summed E-state index contributed by atoms with van der Waals surface area (Å²) in [5.74, 6) is -2.31. The molecule has 0 aliphatic rings. The minimum atomic E-state index is -0.821. The van der Waals surface area contributed by atoms with E-state index in [1.165, 1.54) is 0 Å². The summed E-state index contributed by atoms with van der Waals surface area (Å²) >= 11 is 0. The molecule has 17 heteroatoms. The normalized spacial score (nSPS) is 12.2. The molecule has 17 nitrogen and oxygen atoms in total. The van der Waals surface area contributed by atoms with Gasteiger partial charge in [0.05, 0.1) is 71.4 Å². The Morgan fingerprint density at radius 3 is 1.86 bits per heavy atom. The van der Waals surface area contributed by atoms with Crippen molar-refractivity contribution in [2.45, 2.75) is 79.9 Å². The molecule has 0 spiro atoms. The number of amides is 5. The maximum atomic E-state index is 13.5. The van der Waals surface area contributed by atoms with Crippen LogP contribution >= 0.6 is 0 Å². The van der Waals surface area contributed by atoms with Crippen molar-refractivity contribution in [1.29, 1.82) is 0 Å². The van der Waals surface area contributed by atoms with Gasteiger partial charge in [-0.15, -0.1) is 0 Å². The molecule has 6 N–H and O–H groups in total. The lowest BCUT2D eigenvalue weighted by molar-refractivity contribution is -0.148. The molecule has 1 aromatic rings. The van der Waals surface area contributed by atoms with Crippen molar-refractivity contribution in [2.75, 3.05) is 77.9 Å². The number of benzene rings is 1. The third-order valence-corrected chi connectivity index (χ3v) is 7.90. The number of urea groups is 1. The van der Waals surface area contributed by atoms with Gasteiger partial charge in [-0.05, 0) is 42.4 Å². The van der Waals surface area contributed by atoms with E-state index in [1.807, 2.05) is 27.7 Å². The number of esters is 1. The second kappa shape index (κ2) is 29.9. The van der Waals surface area contributed by atoms with Gasteiger partial charge in [-0.1, -0.05) is 53.7 Å². The van der Waals surface area contributed by atoms with Gasteiger partial charge in [0, 0.05) is 37.5 Å². The Balaban J connectivity index is 2.42. The fraction of sp³-hybridized carbons (Fsp3) is 0.692. The van der Waals surface area contributed by atoms with Gasteiger partial charge in [0.1, 0.15) is 6.61 Å². The fourth-order valence-electron chi connectivity index (χ4n) is 4.82. The number of Topliss-reactive ketones (excluding diaryl/α,β-unsaturated/α-hetero) is 1. The minimum Gasteiger partial charge on any atom is -0.461 e. The van der Waals surface area contributed by atoms with Crippen molar-refractivity contribution < 1.29 is 57.2 Å². The van der Waals surface area contributed by atoms with E-state index in [2.05, 4.69) is 21.3 Å². The number of alkyl carbamates (subject to hydrolysis) is 1. The Morgan fingerprint density at radius 1 is 0.714 bits per heavy atom. The second-order valence-corrected chi connectivity index (χ2v) is 14.2. The second-order valence-electron chi connectivity index (χ2n) is 14.2. The lowest BCUT2D eigenvalue weighted by atomic mass is 9.89. The van der Waals surface area contributed by atoms with Crippen LogP contribution < -0.4 is 27.0 Å². The molecule has 56 heavy (non-hydrogen) atoms. The molecule has 0 heterocycles. The number of ketones is 1. The quantitative estimate of drug-likeness (QED) is 0.0538. The van der Waals surface area contributed by atoms with Crippen molar-refractivity contribution in [3.63, 3.8) is 0 Å². The van der Waals surface area contributed by atoms with Crippen LogP contribution in [0.2, 0.25) is 0 Å². The molecule has 5 amide bonds. The number of rotatable bonds is 31. The lowest BCUT2D eigenvalue weighted by Gasteiger charge is -2.24. The number of anilines is 1. The Kier molecular flexibility index (Phi) is 26.5. The minimum absolute atomic E-state index is 0.0314. The number of nitrogens with one attached hydrogen (secondary N) is 4. The molecule has 1 aromatic carbocycles. The van der Waals surface area contributed by atoms with Crippen LogP contribution in [0.5, 0.6) is 0 Å². The predicted molar refractivity (Wildman–Crippen MR) is 208 cm³/mol. The first-order valence-corrected chi connectivity index (χ1v) is 19.3. The molecule has 0 unspecified atom stereocenters. The summed E-state index contributed by atoms with van der Waals surface area (Å²) < 4.78 is 32.1. The smallest absolute Gasteiger partial charge is 0.407 e. The molecule has 0 aromatic heterocycles. The fourth-order valence-corrected chi connectivity index (χ4v) is 4.82. The van der Waals surface area contributed by atoms with Gasteiger partial charge in [-0.3, -0.25) is 19.2 Å². The van der Waals surface area contributed by atoms with Gasteiger partial charge < -0.3 is 55.4 Å². The summed E-state index contributed by atoms with van der Waals surface area (Å²) in [7, 11) is 0. The van der Waals surface area contributed by atoms with E-state index in [0.717, 1.165) is 5.56 Å². The van der Waals surface area contributed by atoms with Crippen LogP contribution in [-0.2, 0) is 54.2 Å². The Hall–Kier alpha value is -4.32. The van der Waals surface area contributed by atoms with E-state index >= 15 is 0 Å². The number of primary amides is 1. The van der Waals surface area contributed by atoms with Gasteiger partial charge in [0.2, 0.25) is 11.8 Å². The molecule has 0 saturated heterocycles. The SMILES string of the molecule is CC(C)COC(=O)NCCOCCOCCOCCOCCC(=O)N[C@H](C(=O)C[C@@H](CCCNC(N)=O)C(=O)Nc1ccc(COC(=O)C(C)C)cc1)C(C)C. The van der Waals surface area contributed by atoms with E-state index in [-0.39, 0.29) is 86.9 Å². The van der Waals surface area contributed by atoms with Crippen LogP contribution in [0.15, 0.2) is 24.3 Å². The van der Waals surface area contributed by atoms with Gasteiger partial charge in [0.25, 0.3) is 0 Å². The molecule has 0 fully saturated rings. The number of nitrogens with two attached hydrogens (primary N) is 1. The van der Waals surface area contributed by atoms with E-state index < -0.39 is 24.1 Å². The van der Waals surface area contributed by atoms with Crippen molar-refractivity contribution in [3.8, 4) is 0 Å². The van der Waals surface area contributed by atoms with Crippen LogP contribution in [0.4, 0.5) is 15.3 Å². The molecular weight excluding hydrogens is 730 g/mol. The van der Waals surface area contributed by atoms with Gasteiger partial charge >= 0.3 is 18.1 Å². The van der Waals surface area contributed by atoms with Crippen molar-refractivity contribution in [3.05, 3.63) is 29.8 Å². The average Bonchev–Trinajstić information content (AvgIpc) is 3.14. The van der Waals surface area contributed by atoms with Crippen molar-refractivity contribution in [2.24, 2.45) is 29.4 Å². The van der Waals surface area contributed by atoms with E-state index in [1.54, 1.807) is 38.1 Å². The summed E-state index contributed by atoms with van der Waals surface area (Å²) in [5, 5.41) is 10.7. The monoisotopic (exact) mass is 795 g/mol. The maximum absolute atomic E-state index is 13.5. The zero-order valence-corrected chi connectivity index (χ0v) is 34.0. The predicted octanol–water partition coefficient (Wildman–Crippen LogP) is 3.33. The van der Waals surface area contributed by atoms with E-state index in [9.17, 15) is 28.8 Å². The first kappa shape index (κ1) is 49.7. The van der Waals surface area contributed by atoms with Crippen LogP contribution in [0.3, 0.4) is 0 Å². The highest BCUT2D eigenvalue weighted by atomic mass is 16.6. The summed E-state index contributed by atoms with van der Waals surface area (Å²) in [6, 6.07) is 5.32. The third-order valence-electron chi connectivity index (χ3n) is 7.90. The van der Waals surface area contributed by atoms with Crippen LogP contribution in [0.1, 0.15) is 72.8 Å². The summed E-state index contributed by atoms with van der Waals surface area (Å²) in [4.78, 5) is 74.0. The number of carbonyl (C=O) groups excluding carboxylic acids is 6. The highest BCUT2D eigenvalue weighted by molar-refractivity contribution is 5.97. The Bertz CT molecular complexity index is 1310. The molecular formula is C39H65N5O12. The average molecular weight is 796 g/mol. The summed E-state index contributed by atoms with van der Waals surface area (Å²) in [5.41, 5.74) is 6.42. The van der Waals surface area contributed by atoms with Gasteiger partial charge in [-0.2, -0.15) is 0 Å². The molecule has 0 aliphatic carbocycles. The molecule has 0 radical (unpaired) electrons. The van der Waals surface area contributed by atoms with Crippen LogP contribution in [0, 0.1) is 23.7 Å². The first-order valence-electron chi connectivity index (χ1n) is 19.3. The number of hydrogen-bond acceptors (Lipinski definition) is 12. The highest BCUT2D eigenvalue weighted by Gasteiger charge is 2.29.